The molecule has 0 unspecified atom stereocenters. The molecule has 0 radical (unpaired) electrons. The van der Waals surface area contributed by atoms with Gasteiger partial charge in [-0.2, -0.15) is 0 Å². The first-order chi connectivity index (χ1) is 9.99. The van der Waals surface area contributed by atoms with Gasteiger partial charge in [0.05, 0.1) is 6.54 Å². The first-order valence-electron chi connectivity index (χ1n) is 6.87. The Morgan fingerprint density at radius 3 is 2.00 bits per heavy atom. The third-order valence-electron chi connectivity index (χ3n) is 2.83. The van der Waals surface area contributed by atoms with Gasteiger partial charge in [0, 0.05) is 11.6 Å². The monoisotopic (exact) mass is 298 g/mol. The molecule has 5 N–H and O–H groups in total. The molecule has 1 fully saturated rings. The van der Waals surface area contributed by atoms with Crippen LogP contribution in [-0.2, 0) is 4.79 Å². The molecule has 6 heteroatoms. The van der Waals surface area contributed by atoms with Crippen LogP contribution in [0.3, 0.4) is 0 Å². The van der Waals surface area contributed by atoms with E-state index in [1.165, 1.54) is 56.4 Å². The van der Waals surface area contributed by atoms with Crippen molar-refractivity contribution in [1.82, 2.24) is 0 Å². The number of carbonyl (C=O) groups excluding carboxylic acids is 1. The minimum absolute atomic E-state index is 0.278. The quantitative estimate of drug-likeness (QED) is 0.723. The maximum Gasteiger partial charge on any atom is 0.317 e. The Kier molecular flexibility index (Phi) is 11.0. The lowest BCUT2D eigenvalue weighted by Gasteiger charge is -2.15. The van der Waals surface area contributed by atoms with E-state index in [2.05, 4.69) is 5.73 Å². The van der Waals surface area contributed by atoms with E-state index in [0.717, 1.165) is 0 Å². The zero-order chi connectivity index (χ0) is 16.1. The maximum absolute atomic E-state index is 12.1. The lowest BCUT2D eigenvalue weighted by molar-refractivity contribution is -0.135. The van der Waals surface area contributed by atoms with Crippen molar-refractivity contribution in [2.75, 3.05) is 6.54 Å². The van der Waals surface area contributed by atoms with Gasteiger partial charge < -0.3 is 16.6 Å². The van der Waals surface area contributed by atoms with Gasteiger partial charge in [0.25, 0.3) is 0 Å². The molecule has 0 atom stereocenters. The van der Waals surface area contributed by atoms with Gasteiger partial charge in [0.15, 0.2) is 0 Å². The predicted molar refractivity (Wildman–Crippen MR) is 79.5 cm³/mol. The molecule has 0 spiro atoms. The fourth-order valence-electron chi connectivity index (χ4n) is 1.68. The van der Waals surface area contributed by atoms with E-state index in [9.17, 15) is 14.0 Å². The Labute approximate surface area is 124 Å². The summed E-state index contributed by atoms with van der Waals surface area (Å²) in [6, 6.07) is 5.91. The van der Waals surface area contributed by atoms with Crippen molar-refractivity contribution >= 4 is 12.3 Å². The highest BCUT2D eigenvalue weighted by atomic mass is 19.1. The van der Waals surface area contributed by atoms with E-state index in [-0.39, 0.29) is 12.4 Å². The molecule has 21 heavy (non-hydrogen) atoms. The average Bonchev–Trinajstić information content (AvgIpc) is 2.50. The SMILES string of the molecule is NC1CCCCC1.NCC(=O)O.O=Cc1ccc(F)cc1. The first-order valence-corrected chi connectivity index (χ1v) is 6.87. The molecule has 0 saturated heterocycles. The molecule has 1 aliphatic carbocycles. The average molecular weight is 298 g/mol. The lowest BCUT2D eigenvalue weighted by atomic mass is 9.97. The largest absolute Gasteiger partial charge is 0.480 e. The van der Waals surface area contributed by atoms with Crippen molar-refractivity contribution in [3.05, 3.63) is 35.6 Å². The van der Waals surface area contributed by atoms with Crippen LogP contribution in [0.15, 0.2) is 24.3 Å². The van der Waals surface area contributed by atoms with Gasteiger partial charge in [-0.3, -0.25) is 9.59 Å². The summed E-state index contributed by atoms with van der Waals surface area (Å²) >= 11 is 0. The summed E-state index contributed by atoms with van der Waals surface area (Å²) in [4.78, 5) is 19.2. The van der Waals surface area contributed by atoms with Crippen LogP contribution in [0.5, 0.6) is 0 Å². The molecule has 0 aliphatic heterocycles. The van der Waals surface area contributed by atoms with Gasteiger partial charge in [-0.05, 0) is 37.1 Å². The number of aliphatic carboxylic acids is 1. The summed E-state index contributed by atoms with van der Waals surface area (Å²) < 4.78 is 12.1. The zero-order valence-corrected chi connectivity index (χ0v) is 12.0. The van der Waals surface area contributed by atoms with Crippen LogP contribution in [0.4, 0.5) is 4.39 Å². The molecule has 0 amide bonds. The smallest absolute Gasteiger partial charge is 0.317 e. The van der Waals surface area contributed by atoms with Gasteiger partial charge in [0.2, 0.25) is 0 Å². The van der Waals surface area contributed by atoms with Crippen LogP contribution in [0, 0.1) is 5.82 Å². The molecule has 0 heterocycles. The fourth-order valence-corrected chi connectivity index (χ4v) is 1.68. The molecule has 118 valence electrons. The Bertz CT molecular complexity index is 404. The third-order valence-corrected chi connectivity index (χ3v) is 2.83. The van der Waals surface area contributed by atoms with Crippen LogP contribution in [-0.4, -0.2) is 29.9 Å². The van der Waals surface area contributed by atoms with Crippen LogP contribution < -0.4 is 11.5 Å². The molecule has 0 aromatic heterocycles. The number of nitrogens with two attached hydrogens (primary N) is 2. The van der Waals surface area contributed by atoms with E-state index in [1.807, 2.05) is 0 Å². The lowest BCUT2D eigenvalue weighted by Crippen LogP contribution is -2.22. The van der Waals surface area contributed by atoms with Gasteiger partial charge >= 0.3 is 5.97 Å². The molecule has 1 aromatic carbocycles. The standard InChI is InChI=1S/C7H5FO.C6H13N.C2H5NO2/c8-7-3-1-6(5-9)2-4-7;7-6-4-2-1-3-5-6;3-1-2(4)5/h1-5H;6H,1-5,7H2;1,3H2,(H,4,5). The second-order valence-electron chi connectivity index (χ2n) is 4.67. The molecular weight excluding hydrogens is 275 g/mol. The van der Waals surface area contributed by atoms with Crippen molar-refractivity contribution in [2.24, 2.45) is 11.5 Å². The molecule has 1 saturated carbocycles. The predicted octanol–water partition coefficient (Wildman–Crippen LogP) is 1.95. The van der Waals surface area contributed by atoms with E-state index in [0.29, 0.717) is 17.9 Å². The number of carboxylic acids is 1. The third kappa shape index (κ3) is 11.7. The normalized spacial score (nSPS) is 14.0. The van der Waals surface area contributed by atoms with Crippen LogP contribution in [0.1, 0.15) is 42.5 Å². The van der Waals surface area contributed by atoms with Gasteiger partial charge in [-0.1, -0.05) is 19.3 Å². The number of rotatable bonds is 2. The van der Waals surface area contributed by atoms with E-state index in [4.69, 9.17) is 10.8 Å². The highest BCUT2D eigenvalue weighted by Crippen LogP contribution is 2.14. The fraction of sp³-hybridized carbons (Fsp3) is 0.467. The highest BCUT2D eigenvalue weighted by molar-refractivity contribution is 5.74. The van der Waals surface area contributed by atoms with Crippen molar-refractivity contribution in [1.29, 1.82) is 0 Å². The summed E-state index contributed by atoms with van der Waals surface area (Å²) in [5.74, 6) is -1.29. The minimum Gasteiger partial charge on any atom is -0.480 e. The number of hydrogen-bond donors (Lipinski definition) is 3. The maximum atomic E-state index is 12.1. The van der Waals surface area contributed by atoms with Crippen molar-refractivity contribution in [3.63, 3.8) is 0 Å². The highest BCUT2D eigenvalue weighted by Gasteiger charge is 2.06. The van der Waals surface area contributed by atoms with Crippen molar-refractivity contribution in [3.8, 4) is 0 Å². The summed E-state index contributed by atoms with van der Waals surface area (Å²) in [7, 11) is 0. The number of benzene rings is 1. The Morgan fingerprint density at radius 2 is 1.71 bits per heavy atom. The summed E-state index contributed by atoms with van der Waals surface area (Å²) in [5.41, 5.74) is 10.7. The second-order valence-corrected chi connectivity index (χ2v) is 4.67. The number of aldehydes is 1. The molecule has 2 rings (SSSR count). The minimum atomic E-state index is -0.968. The Balaban J connectivity index is 0.000000300. The van der Waals surface area contributed by atoms with Gasteiger partial charge in [-0.25, -0.2) is 4.39 Å². The molecule has 1 aromatic rings. The molecule has 5 nitrogen and oxygen atoms in total. The Morgan fingerprint density at radius 1 is 1.24 bits per heavy atom. The van der Waals surface area contributed by atoms with Crippen molar-refractivity contribution < 1.29 is 19.1 Å². The molecular formula is C15H23FN2O3. The summed E-state index contributed by atoms with van der Waals surface area (Å²) in [6.07, 6.45) is 7.34. The summed E-state index contributed by atoms with van der Waals surface area (Å²) in [5, 5.41) is 7.60. The van der Waals surface area contributed by atoms with E-state index >= 15 is 0 Å². The van der Waals surface area contributed by atoms with Crippen LogP contribution >= 0.6 is 0 Å². The number of carboxylic acid groups (broad SMARTS) is 1. The number of halogens is 1. The summed E-state index contributed by atoms with van der Waals surface area (Å²) in [6.45, 7) is -0.278. The molecule has 0 bridgehead atoms. The Hall–Kier alpha value is -1.79. The van der Waals surface area contributed by atoms with Gasteiger partial charge in [0.1, 0.15) is 12.1 Å². The zero-order valence-electron chi connectivity index (χ0n) is 12.0. The first kappa shape index (κ1) is 19.2. The second kappa shape index (κ2) is 12.0. The van der Waals surface area contributed by atoms with E-state index in [1.54, 1.807) is 0 Å². The van der Waals surface area contributed by atoms with Crippen LogP contribution in [0.2, 0.25) is 0 Å². The molecule has 1 aliphatic rings. The van der Waals surface area contributed by atoms with Crippen LogP contribution in [0.25, 0.3) is 0 Å². The van der Waals surface area contributed by atoms with Gasteiger partial charge in [-0.15, -0.1) is 0 Å². The number of hydrogen-bond acceptors (Lipinski definition) is 4. The van der Waals surface area contributed by atoms with Crippen molar-refractivity contribution in [2.45, 2.75) is 38.1 Å². The number of carbonyl (C=O) groups is 2. The topological polar surface area (TPSA) is 106 Å². The van der Waals surface area contributed by atoms with E-state index < -0.39 is 5.97 Å².